The molecule has 1 heterocycles. The Hall–Kier alpha value is -0.830. The first kappa shape index (κ1) is 11.2. The Labute approximate surface area is 86.1 Å². The quantitative estimate of drug-likeness (QED) is 0.753. The molecule has 1 aromatic heterocycles. The number of rotatable bonds is 5. The minimum absolute atomic E-state index is 0.181. The van der Waals surface area contributed by atoms with Gasteiger partial charge in [-0.15, -0.1) is 0 Å². The highest BCUT2D eigenvalue weighted by Gasteiger charge is 2.08. The molecule has 0 bridgehead atoms. The second-order valence-electron chi connectivity index (χ2n) is 3.89. The Morgan fingerprint density at radius 2 is 2.14 bits per heavy atom. The van der Waals surface area contributed by atoms with Gasteiger partial charge in [0.05, 0.1) is 5.69 Å². The number of H-pyrrole nitrogens is 1. The second-order valence-corrected chi connectivity index (χ2v) is 3.89. The fourth-order valence-electron chi connectivity index (χ4n) is 1.66. The van der Waals surface area contributed by atoms with E-state index in [1.807, 2.05) is 6.92 Å². The van der Waals surface area contributed by atoms with Crippen molar-refractivity contribution in [1.29, 1.82) is 0 Å². The first-order chi connectivity index (χ1) is 6.67. The molecule has 1 atom stereocenters. The van der Waals surface area contributed by atoms with E-state index in [0.717, 1.165) is 31.5 Å². The number of aryl methyl sites for hydroxylation is 2. The fraction of sp³-hybridized carbons (Fsp3) is 0.727. The van der Waals surface area contributed by atoms with Crippen LogP contribution < -0.4 is 5.73 Å². The van der Waals surface area contributed by atoms with Crippen LogP contribution >= 0.6 is 0 Å². The molecule has 3 heteroatoms. The molecular weight excluding hydrogens is 174 g/mol. The second kappa shape index (κ2) is 5.15. The number of hydrogen-bond donors (Lipinski definition) is 2. The highest BCUT2D eigenvalue weighted by atomic mass is 14.9. The van der Waals surface area contributed by atoms with E-state index in [4.69, 9.17) is 5.73 Å². The van der Waals surface area contributed by atoms with Crippen LogP contribution in [-0.2, 0) is 19.3 Å². The lowest BCUT2D eigenvalue weighted by atomic mass is 10.2. The number of hydrogen-bond acceptors (Lipinski definition) is 2. The van der Waals surface area contributed by atoms with Gasteiger partial charge in [0.15, 0.2) is 0 Å². The van der Waals surface area contributed by atoms with E-state index in [1.54, 1.807) is 0 Å². The third kappa shape index (κ3) is 2.84. The lowest BCUT2D eigenvalue weighted by Crippen LogP contribution is -2.18. The zero-order valence-electron chi connectivity index (χ0n) is 9.43. The topological polar surface area (TPSA) is 54.7 Å². The normalized spacial score (nSPS) is 13.1. The van der Waals surface area contributed by atoms with Crippen LogP contribution in [0.15, 0.2) is 0 Å². The Bertz CT molecular complexity index is 276. The minimum Gasteiger partial charge on any atom is -0.346 e. The maximum absolute atomic E-state index is 5.74. The number of nitrogens with two attached hydrogens (primary N) is 1. The molecule has 1 unspecified atom stereocenters. The summed E-state index contributed by atoms with van der Waals surface area (Å²) in [7, 11) is 0. The lowest BCUT2D eigenvalue weighted by molar-refractivity contribution is 0.706. The van der Waals surface area contributed by atoms with Gasteiger partial charge in [-0.2, -0.15) is 0 Å². The average molecular weight is 195 g/mol. The molecule has 1 rings (SSSR count). The molecule has 0 aliphatic rings. The summed E-state index contributed by atoms with van der Waals surface area (Å²) < 4.78 is 0. The van der Waals surface area contributed by atoms with Gasteiger partial charge in [0.2, 0.25) is 0 Å². The van der Waals surface area contributed by atoms with Gasteiger partial charge in [-0.05, 0) is 19.8 Å². The van der Waals surface area contributed by atoms with Crippen LogP contribution in [0.1, 0.15) is 44.4 Å². The van der Waals surface area contributed by atoms with Gasteiger partial charge < -0.3 is 10.7 Å². The molecule has 0 aromatic carbocycles. The molecule has 0 saturated heterocycles. The Morgan fingerprint density at radius 1 is 1.43 bits per heavy atom. The fourth-order valence-corrected chi connectivity index (χ4v) is 1.66. The van der Waals surface area contributed by atoms with Crippen LogP contribution in [0.3, 0.4) is 0 Å². The van der Waals surface area contributed by atoms with E-state index in [2.05, 4.69) is 23.8 Å². The number of nitrogens with one attached hydrogen (secondary N) is 1. The highest BCUT2D eigenvalue weighted by Crippen LogP contribution is 2.10. The minimum atomic E-state index is 0.181. The van der Waals surface area contributed by atoms with Crippen molar-refractivity contribution in [3.63, 3.8) is 0 Å². The van der Waals surface area contributed by atoms with Crippen molar-refractivity contribution in [3.05, 3.63) is 17.2 Å². The van der Waals surface area contributed by atoms with Crippen LogP contribution in [0.25, 0.3) is 0 Å². The summed E-state index contributed by atoms with van der Waals surface area (Å²) in [4.78, 5) is 7.93. The molecule has 14 heavy (non-hydrogen) atoms. The zero-order valence-corrected chi connectivity index (χ0v) is 9.43. The first-order valence-corrected chi connectivity index (χ1v) is 5.49. The number of imidazole rings is 1. The van der Waals surface area contributed by atoms with Gasteiger partial charge >= 0.3 is 0 Å². The third-order valence-electron chi connectivity index (χ3n) is 2.26. The van der Waals surface area contributed by atoms with E-state index in [-0.39, 0.29) is 6.04 Å². The van der Waals surface area contributed by atoms with Crippen LogP contribution in [0.4, 0.5) is 0 Å². The summed E-state index contributed by atoms with van der Waals surface area (Å²) in [5, 5.41) is 0. The Morgan fingerprint density at radius 3 is 2.64 bits per heavy atom. The van der Waals surface area contributed by atoms with Crippen molar-refractivity contribution in [1.82, 2.24) is 9.97 Å². The summed E-state index contributed by atoms with van der Waals surface area (Å²) in [5.74, 6) is 1.04. The van der Waals surface area contributed by atoms with Crippen LogP contribution in [0.5, 0.6) is 0 Å². The van der Waals surface area contributed by atoms with Gasteiger partial charge in [-0.1, -0.05) is 20.3 Å². The number of aromatic nitrogens is 2. The highest BCUT2D eigenvalue weighted by molar-refractivity contribution is 5.15. The SMILES string of the molecule is CCCc1[nH]c(CC(C)N)nc1CC. The van der Waals surface area contributed by atoms with Gasteiger partial charge in [0.25, 0.3) is 0 Å². The Kier molecular flexibility index (Phi) is 4.14. The molecule has 0 saturated carbocycles. The maximum Gasteiger partial charge on any atom is 0.108 e. The van der Waals surface area contributed by atoms with Gasteiger partial charge in [-0.25, -0.2) is 4.98 Å². The number of nitrogens with zero attached hydrogens (tertiary/aromatic N) is 1. The summed E-state index contributed by atoms with van der Waals surface area (Å²) >= 11 is 0. The summed E-state index contributed by atoms with van der Waals surface area (Å²) in [6, 6.07) is 0.181. The van der Waals surface area contributed by atoms with Crippen LogP contribution in [-0.4, -0.2) is 16.0 Å². The predicted octanol–water partition coefficient (Wildman–Crippen LogP) is 1.81. The third-order valence-corrected chi connectivity index (χ3v) is 2.26. The molecule has 1 aromatic rings. The molecule has 0 amide bonds. The molecule has 3 N–H and O–H groups in total. The standard InChI is InChI=1S/C11H21N3/c1-4-6-10-9(5-2)13-11(14-10)7-8(3)12/h8H,4-7,12H2,1-3H3,(H,13,14). The van der Waals surface area contributed by atoms with Crippen molar-refractivity contribution in [2.24, 2.45) is 5.73 Å². The van der Waals surface area contributed by atoms with E-state index in [0.29, 0.717) is 0 Å². The predicted molar refractivity (Wildman–Crippen MR) is 59.3 cm³/mol. The smallest absolute Gasteiger partial charge is 0.108 e. The summed E-state index contributed by atoms with van der Waals surface area (Å²) in [6.45, 7) is 6.34. The Balaban J connectivity index is 2.77. The van der Waals surface area contributed by atoms with E-state index < -0.39 is 0 Å². The van der Waals surface area contributed by atoms with Crippen molar-refractivity contribution in [2.75, 3.05) is 0 Å². The summed E-state index contributed by atoms with van der Waals surface area (Å²) in [6.07, 6.45) is 4.10. The van der Waals surface area contributed by atoms with E-state index in [1.165, 1.54) is 11.4 Å². The largest absolute Gasteiger partial charge is 0.346 e. The van der Waals surface area contributed by atoms with Crippen molar-refractivity contribution < 1.29 is 0 Å². The maximum atomic E-state index is 5.74. The molecule has 0 fully saturated rings. The molecule has 3 nitrogen and oxygen atoms in total. The molecular formula is C11H21N3. The molecule has 0 spiro atoms. The number of aromatic amines is 1. The zero-order chi connectivity index (χ0) is 10.6. The average Bonchev–Trinajstić information content (AvgIpc) is 2.47. The first-order valence-electron chi connectivity index (χ1n) is 5.49. The monoisotopic (exact) mass is 195 g/mol. The van der Waals surface area contributed by atoms with Gasteiger partial charge in [-0.3, -0.25) is 0 Å². The van der Waals surface area contributed by atoms with Crippen molar-refractivity contribution in [2.45, 2.75) is 52.5 Å². The molecule has 0 aliphatic heterocycles. The lowest BCUT2D eigenvalue weighted by Gasteiger charge is -1.99. The van der Waals surface area contributed by atoms with Crippen LogP contribution in [0, 0.1) is 0 Å². The van der Waals surface area contributed by atoms with Crippen LogP contribution in [0.2, 0.25) is 0 Å². The van der Waals surface area contributed by atoms with Crippen molar-refractivity contribution in [3.8, 4) is 0 Å². The van der Waals surface area contributed by atoms with Crippen molar-refractivity contribution >= 4 is 0 Å². The van der Waals surface area contributed by atoms with E-state index >= 15 is 0 Å². The molecule has 0 aliphatic carbocycles. The van der Waals surface area contributed by atoms with Gasteiger partial charge in [0, 0.05) is 18.2 Å². The van der Waals surface area contributed by atoms with Gasteiger partial charge in [0.1, 0.15) is 5.82 Å². The molecule has 0 radical (unpaired) electrons. The summed E-state index contributed by atoms with van der Waals surface area (Å²) in [5.41, 5.74) is 8.25. The molecule has 80 valence electrons. The van der Waals surface area contributed by atoms with E-state index in [9.17, 15) is 0 Å².